The largest absolute Gasteiger partial charge is 0.379 e. The predicted octanol–water partition coefficient (Wildman–Crippen LogP) is 2.14. The summed E-state index contributed by atoms with van der Waals surface area (Å²) >= 11 is 1.66. The molecule has 0 amide bonds. The number of hydrogen-bond donors (Lipinski definition) is 0. The highest BCUT2D eigenvalue weighted by Gasteiger charge is 2.43. The van der Waals surface area contributed by atoms with Gasteiger partial charge in [-0.1, -0.05) is 31.2 Å². The Bertz CT molecular complexity index is 388. The van der Waals surface area contributed by atoms with Gasteiger partial charge in [0, 0.05) is 13.1 Å². The molecule has 0 bridgehead atoms. The van der Waals surface area contributed by atoms with Crippen LogP contribution in [0.5, 0.6) is 0 Å². The molecule has 0 aromatic heterocycles. The fraction of sp³-hybridized carbons (Fsp3) is 0.667. The number of morpholine rings is 1. The van der Waals surface area contributed by atoms with E-state index in [0.29, 0.717) is 5.78 Å². The van der Waals surface area contributed by atoms with Crippen LogP contribution in [-0.2, 0) is 9.53 Å². The first-order chi connectivity index (χ1) is 9.12. The van der Waals surface area contributed by atoms with Crippen molar-refractivity contribution in [3.63, 3.8) is 0 Å². The quantitative estimate of drug-likeness (QED) is 0.789. The zero-order valence-electron chi connectivity index (χ0n) is 12.0. The normalized spacial score (nSPS) is 33.3. The molecular weight excluding hydrogens is 258 g/mol. The molecule has 106 valence electrons. The maximum atomic E-state index is 13.0. The summed E-state index contributed by atoms with van der Waals surface area (Å²) in [6.07, 6.45) is 10.3. The van der Waals surface area contributed by atoms with Gasteiger partial charge in [-0.05, 0) is 19.1 Å². The van der Waals surface area contributed by atoms with Crippen molar-refractivity contribution in [2.45, 2.75) is 24.6 Å². The fourth-order valence-electron chi connectivity index (χ4n) is 2.84. The van der Waals surface area contributed by atoms with Gasteiger partial charge in [0.05, 0.1) is 24.0 Å². The number of nitrogens with zero attached hydrogens (tertiary/aromatic N) is 1. The van der Waals surface area contributed by atoms with Gasteiger partial charge >= 0.3 is 0 Å². The van der Waals surface area contributed by atoms with E-state index >= 15 is 0 Å². The molecular formula is C15H23NO2S. The Morgan fingerprint density at radius 3 is 2.68 bits per heavy atom. The number of carbonyl (C=O) groups is 1. The summed E-state index contributed by atoms with van der Waals surface area (Å²) in [6.45, 7) is 7.33. The lowest BCUT2D eigenvalue weighted by atomic mass is 9.82. The topological polar surface area (TPSA) is 29.5 Å². The maximum Gasteiger partial charge on any atom is 0.170 e. The average Bonchev–Trinajstić information content (AvgIpc) is 2.47. The third kappa shape index (κ3) is 2.81. The first-order valence-electron chi connectivity index (χ1n) is 6.89. The van der Waals surface area contributed by atoms with E-state index in [1.807, 2.05) is 25.3 Å². The number of Topliss-reactive ketones (excluding diaryl/α,β-unsaturated/α-hetero) is 1. The second kappa shape index (κ2) is 6.25. The summed E-state index contributed by atoms with van der Waals surface area (Å²) in [5.74, 6) is 0.554. The summed E-state index contributed by atoms with van der Waals surface area (Å²) in [7, 11) is 0. The van der Waals surface area contributed by atoms with E-state index in [9.17, 15) is 4.79 Å². The van der Waals surface area contributed by atoms with Gasteiger partial charge in [-0.3, -0.25) is 9.69 Å². The van der Waals surface area contributed by atoms with Gasteiger partial charge in [0.1, 0.15) is 0 Å². The zero-order chi connectivity index (χ0) is 13.9. The molecule has 1 heterocycles. The van der Waals surface area contributed by atoms with Crippen LogP contribution in [0, 0.1) is 5.92 Å². The first kappa shape index (κ1) is 14.8. The summed E-state index contributed by atoms with van der Waals surface area (Å²) < 4.78 is 4.95. The summed E-state index contributed by atoms with van der Waals surface area (Å²) in [4.78, 5) is 15.2. The van der Waals surface area contributed by atoms with Gasteiger partial charge in [0.15, 0.2) is 5.78 Å². The summed E-state index contributed by atoms with van der Waals surface area (Å²) in [6, 6.07) is -0.0463. The minimum absolute atomic E-state index is 0.0463. The number of ether oxygens (including phenoxy) is 1. The van der Waals surface area contributed by atoms with E-state index < -0.39 is 4.75 Å². The number of ketones is 1. The van der Waals surface area contributed by atoms with Gasteiger partial charge in [-0.2, -0.15) is 0 Å². The van der Waals surface area contributed by atoms with E-state index in [1.54, 1.807) is 11.8 Å². The summed E-state index contributed by atoms with van der Waals surface area (Å²) in [5, 5.41) is 0. The maximum absolute atomic E-state index is 13.0. The molecule has 3 unspecified atom stereocenters. The Kier molecular flexibility index (Phi) is 4.87. The highest BCUT2D eigenvalue weighted by atomic mass is 32.2. The highest BCUT2D eigenvalue weighted by molar-refractivity contribution is 8.01. The van der Waals surface area contributed by atoms with Crippen molar-refractivity contribution in [2.24, 2.45) is 5.92 Å². The lowest BCUT2D eigenvalue weighted by Crippen LogP contribution is -2.53. The third-order valence-electron chi connectivity index (χ3n) is 4.23. The Balaban J connectivity index is 2.16. The van der Waals surface area contributed by atoms with E-state index in [-0.39, 0.29) is 12.0 Å². The van der Waals surface area contributed by atoms with Crippen molar-refractivity contribution in [3.8, 4) is 0 Å². The van der Waals surface area contributed by atoms with Crippen LogP contribution in [0.1, 0.15) is 13.8 Å². The molecule has 0 aromatic rings. The summed E-state index contributed by atoms with van der Waals surface area (Å²) in [5.41, 5.74) is 0. The average molecular weight is 281 g/mol. The number of hydrogen-bond acceptors (Lipinski definition) is 4. The Labute approximate surface area is 120 Å². The molecule has 1 saturated heterocycles. The first-order valence-corrected chi connectivity index (χ1v) is 8.11. The Morgan fingerprint density at radius 1 is 1.42 bits per heavy atom. The van der Waals surface area contributed by atoms with E-state index in [2.05, 4.69) is 24.0 Å². The minimum Gasteiger partial charge on any atom is -0.379 e. The molecule has 19 heavy (non-hydrogen) atoms. The molecule has 2 rings (SSSR count). The van der Waals surface area contributed by atoms with Crippen LogP contribution in [0.4, 0.5) is 0 Å². The molecule has 4 heteroatoms. The van der Waals surface area contributed by atoms with Crippen LogP contribution < -0.4 is 0 Å². The van der Waals surface area contributed by atoms with Gasteiger partial charge in [-0.15, -0.1) is 11.8 Å². The number of thioether (sulfide) groups is 1. The second-order valence-electron chi connectivity index (χ2n) is 5.22. The molecule has 0 aromatic carbocycles. The van der Waals surface area contributed by atoms with Crippen molar-refractivity contribution in [1.29, 1.82) is 0 Å². The van der Waals surface area contributed by atoms with E-state index in [1.165, 1.54) is 0 Å². The number of rotatable bonds is 4. The SMILES string of the molecule is CSC1(C(=O)C(C)N2CCOCC2)C=CC=CC1C. The molecule has 0 saturated carbocycles. The third-order valence-corrected chi connectivity index (χ3v) is 5.61. The molecule has 2 aliphatic rings. The minimum atomic E-state index is -0.410. The van der Waals surface area contributed by atoms with Crippen molar-refractivity contribution in [3.05, 3.63) is 24.3 Å². The Morgan fingerprint density at radius 2 is 2.11 bits per heavy atom. The molecule has 1 aliphatic carbocycles. The molecule has 1 fully saturated rings. The van der Waals surface area contributed by atoms with Crippen LogP contribution in [-0.4, -0.2) is 54.0 Å². The van der Waals surface area contributed by atoms with Crippen LogP contribution in [0.2, 0.25) is 0 Å². The standard InChI is InChI=1S/C15H23NO2S/c1-12-6-4-5-7-15(12,19-3)14(17)13(2)16-8-10-18-11-9-16/h4-7,12-13H,8-11H2,1-3H3. The van der Waals surface area contributed by atoms with Crippen molar-refractivity contribution >= 4 is 17.5 Å². The predicted molar refractivity (Wildman–Crippen MR) is 80.6 cm³/mol. The number of carbonyl (C=O) groups excluding carboxylic acids is 1. The van der Waals surface area contributed by atoms with Crippen LogP contribution in [0.25, 0.3) is 0 Å². The van der Waals surface area contributed by atoms with Crippen LogP contribution in [0.3, 0.4) is 0 Å². The fourth-order valence-corrected chi connectivity index (χ4v) is 3.88. The van der Waals surface area contributed by atoms with Crippen molar-refractivity contribution in [2.75, 3.05) is 32.6 Å². The molecule has 0 radical (unpaired) electrons. The second-order valence-corrected chi connectivity index (χ2v) is 6.30. The van der Waals surface area contributed by atoms with E-state index in [4.69, 9.17) is 4.74 Å². The lowest BCUT2D eigenvalue weighted by molar-refractivity contribution is -0.127. The molecule has 0 N–H and O–H groups in total. The van der Waals surface area contributed by atoms with Gasteiger partial charge < -0.3 is 4.74 Å². The van der Waals surface area contributed by atoms with Gasteiger partial charge in [-0.25, -0.2) is 0 Å². The van der Waals surface area contributed by atoms with Gasteiger partial charge in [0.2, 0.25) is 0 Å². The smallest absolute Gasteiger partial charge is 0.170 e. The van der Waals surface area contributed by atoms with Crippen LogP contribution in [0.15, 0.2) is 24.3 Å². The van der Waals surface area contributed by atoms with Crippen molar-refractivity contribution in [1.82, 2.24) is 4.90 Å². The molecule has 3 atom stereocenters. The lowest BCUT2D eigenvalue weighted by Gasteiger charge is -2.40. The molecule has 0 spiro atoms. The van der Waals surface area contributed by atoms with E-state index in [0.717, 1.165) is 26.3 Å². The van der Waals surface area contributed by atoms with Crippen LogP contribution >= 0.6 is 11.8 Å². The number of allylic oxidation sites excluding steroid dienone is 3. The molecule has 1 aliphatic heterocycles. The highest BCUT2D eigenvalue weighted by Crippen LogP contribution is 2.38. The van der Waals surface area contributed by atoms with Gasteiger partial charge in [0.25, 0.3) is 0 Å². The monoisotopic (exact) mass is 281 g/mol. The Hall–Kier alpha value is -0.580. The molecule has 3 nitrogen and oxygen atoms in total. The van der Waals surface area contributed by atoms with Crippen molar-refractivity contribution < 1.29 is 9.53 Å². The zero-order valence-corrected chi connectivity index (χ0v) is 12.8.